The van der Waals surface area contributed by atoms with E-state index in [4.69, 9.17) is 4.74 Å². The van der Waals surface area contributed by atoms with Crippen LogP contribution in [0.1, 0.15) is 52.5 Å². The molecule has 37 heavy (non-hydrogen) atoms. The second-order valence-electron chi connectivity index (χ2n) is 10.4. The first-order chi connectivity index (χ1) is 17.4. The van der Waals surface area contributed by atoms with Gasteiger partial charge < -0.3 is 20.2 Å². The molecule has 8 nitrogen and oxygen atoms in total. The number of ether oxygens (including phenoxy) is 1. The maximum absolute atomic E-state index is 12.8. The monoisotopic (exact) mass is 524 g/mol. The van der Waals surface area contributed by atoms with Gasteiger partial charge in [-0.15, -0.1) is 0 Å². The summed E-state index contributed by atoms with van der Waals surface area (Å²) in [5.74, 6) is 2.00. The first-order valence-corrected chi connectivity index (χ1v) is 14.0. The fourth-order valence-electron chi connectivity index (χ4n) is 3.62. The van der Waals surface area contributed by atoms with E-state index in [1.165, 1.54) is 0 Å². The number of unbranched alkanes of at least 4 members (excludes halogenated alkanes) is 1. The number of rotatable bonds is 12. The minimum absolute atomic E-state index is 0.0632. The van der Waals surface area contributed by atoms with Crippen molar-refractivity contribution >= 4 is 38.8 Å². The lowest BCUT2D eigenvalue weighted by Gasteiger charge is -2.18. The predicted molar refractivity (Wildman–Crippen MR) is 148 cm³/mol. The Morgan fingerprint density at radius 2 is 1.73 bits per heavy atom. The van der Waals surface area contributed by atoms with Crippen molar-refractivity contribution in [1.29, 1.82) is 0 Å². The first-order valence-electron chi connectivity index (χ1n) is 12.3. The number of carbonyl (C=O) groups excluding carboxylic acids is 1. The van der Waals surface area contributed by atoms with E-state index in [9.17, 15) is 13.2 Å². The molecule has 0 fully saturated rings. The average molecular weight is 525 g/mol. The molecule has 0 aliphatic carbocycles. The lowest BCUT2D eigenvalue weighted by molar-refractivity contribution is -0.117. The summed E-state index contributed by atoms with van der Waals surface area (Å²) < 4.78 is 31.4. The highest BCUT2D eigenvalue weighted by molar-refractivity contribution is 7.91. The van der Waals surface area contributed by atoms with Crippen LogP contribution in [0.15, 0.2) is 59.6 Å². The largest absolute Gasteiger partial charge is 0.494 e. The van der Waals surface area contributed by atoms with Gasteiger partial charge in [0.1, 0.15) is 17.4 Å². The predicted octanol–water partition coefficient (Wildman–Crippen LogP) is 6.23. The number of anilines is 4. The fourth-order valence-corrected chi connectivity index (χ4v) is 5.52. The minimum atomic E-state index is -3.42. The molecule has 0 aliphatic heterocycles. The van der Waals surface area contributed by atoms with Gasteiger partial charge in [0.05, 0.1) is 17.3 Å². The molecule has 198 valence electrons. The highest BCUT2D eigenvalue weighted by Crippen LogP contribution is 2.26. The average Bonchev–Trinajstić information content (AvgIpc) is 2.81. The number of carbonyl (C=O) groups is 1. The Kier molecular flexibility index (Phi) is 9.26. The molecule has 3 rings (SSSR count). The van der Waals surface area contributed by atoms with Gasteiger partial charge in [-0.05, 0) is 74.6 Å². The van der Waals surface area contributed by atoms with Gasteiger partial charge in [-0.25, -0.2) is 13.4 Å². The van der Waals surface area contributed by atoms with Crippen LogP contribution in [0.3, 0.4) is 0 Å². The molecule has 1 aromatic heterocycles. The number of hydrogen-bond acceptors (Lipinski definition) is 8. The van der Waals surface area contributed by atoms with E-state index in [2.05, 4.69) is 20.6 Å². The summed E-state index contributed by atoms with van der Waals surface area (Å²) in [5.41, 5.74) is 1.91. The van der Waals surface area contributed by atoms with Gasteiger partial charge in [-0.3, -0.25) is 0 Å². The van der Waals surface area contributed by atoms with Gasteiger partial charge >= 0.3 is 0 Å². The van der Waals surface area contributed by atoms with Gasteiger partial charge in [-0.1, -0.05) is 26.8 Å². The van der Waals surface area contributed by atoms with Crippen molar-refractivity contribution in [3.05, 3.63) is 60.3 Å². The maximum Gasteiger partial charge on any atom is 0.229 e. The van der Waals surface area contributed by atoms with E-state index < -0.39 is 9.84 Å². The molecule has 0 radical (unpaired) electrons. The molecule has 3 aromatic rings. The summed E-state index contributed by atoms with van der Waals surface area (Å²) in [7, 11) is -3.42. The Hall–Kier alpha value is -3.46. The fraction of sp³-hybridized carbons (Fsp3) is 0.393. The van der Waals surface area contributed by atoms with Crippen LogP contribution in [-0.4, -0.2) is 36.5 Å². The van der Waals surface area contributed by atoms with Crippen LogP contribution in [0.5, 0.6) is 5.75 Å². The molecule has 9 heteroatoms. The third kappa shape index (κ3) is 9.17. The Bertz CT molecular complexity index is 1320. The summed E-state index contributed by atoms with van der Waals surface area (Å²) in [6.07, 6.45) is 3.95. The molecular formula is C28H36N4O4S. The Labute approximate surface area is 219 Å². The van der Waals surface area contributed by atoms with Crippen LogP contribution in [0, 0.1) is 12.3 Å². The van der Waals surface area contributed by atoms with Crippen LogP contribution >= 0.6 is 0 Å². The molecule has 2 N–H and O–H groups in total. The number of nitrogens with zero attached hydrogens (tertiary/aromatic N) is 2. The number of sulfone groups is 1. The van der Waals surface area contributed by atoms with Gasteiger partial charge in [0.2, 0.25) is 5.95 Å². The standard InChI is InChI=1S/C28H36N4O4S/c1-20-18-29-27(31-22-12-14-24(15-13-22)36-16-7-6-9-21(2)33)32-26(20)30-23-10-8-11-25(17-23)37(34,35)19-28(3,4)5/h8,10-15,17-18H,6-7,9,16,19H2,1-5H3,(H2,29,30,31,32). The smallest absolute Gasteiger partial charge is 0.229 e. The molecule has 0 bridgehead atoms. The van der Waals surface area contributed by atoms with E-state index in [1.807, 2.05) is 58.0 Å². The lowest BCUT2D eigenvalue weighted by Crippen LogP contribution is -2.20. The van der Waals surface area contributed by atoms with Gasteiger partial charge in [0.15, 0.2) is 9.84 Å². The van der Waals surface area contributed by atoms with E-state index in [-0.39, 0.29) is 21.8 Å². The SMILES string of the molecule is CC(=O)CCCCOc1ccc(Nc2ncc(C)c(Nc3cccc(S(=O)(=O)CC(C)(C)C)c3)n2)cc1. The number of aromatic nitrogens is 2. The van der Waals surface area contributed by atoms with Crippen molar-refractivity contribution in [2.45, 2.75) is 58.8 Å². The van der Waals surface area contributed by atoms with Crippen LogP contribution in [0.25, 0.3) is 0 Å². The minimum Gasteiger partial charge on any atom is -0.494 e. The quantitative estimate of drug-likeness (QED) is 0.268. The second-order valence-corrected chi connectivity index (χ2v) is 12.3. The number of hydrogen-bond donors (Lipinski definition) is 2. The molecule has 1 heterocycles. The maximum atomic E-state index is 12.8. The molecule has 0 saturated carbocycles. The highest BCUT2D eigenvalue weighted by atomic mass is 32.2. The zero-order valence-electron chi connectivity index (χ0n) is 22.2. The Balaban J connectivity index is 1.65. The normalized spacial score (nSPS) is 11.7. The molecule has 0 atom stereocenters. The molecule has 0 aliphatic rings. The van der Waals surface area contributed by atoms with E-state index in [1.54, 1.807) is 31.3 Å². The third-order valence-electron chi connectivity index (χ3n) is 5.35. The Morgan fingerprint density at radius 3 is 2.41 bits per heavy atom. The third-order valence-corrected chi connectivity index (χ3v) is 7.57. The van der Waals surface area contributed by atoms with E-state index in [0.29, 0.717) is 30.5 Å². The molecular weight excluding hydrogens is 488 g/mol. The van der Waals surface area contributed by atoms with Crippen LogP contribution in [-0.2, 0) is 14.6 Å². The Morgan fingerprint density at radius 1 is 1.00 bits per heavy atom. The van der Waals surface area contributed by atoms with E-state index in [0.717, 1.165) is 29.8 Å². The number of ketones is 1. The molecule has 2 aromatic carbocycles. The molecule has 0 unspecified atom stereocenters. The van der Waals surface area contributed by atoms with Gasteiger partial charge in [0, 0.05) is 29.6 Å². The van der Waals surface area contributed by atoms with Crippen molar-refractivity contribution in [1.82, 2.24) is 9.97 Å². The topological polar surface area (TPSA) is 110 Å². The lowest BCUT2D eigenvalue weighted by atomic mass is 10.0. The van der Waals surface area contributed by atoms with Crippen molar-refractivity contribution in [3.63, 3.8) is 0 Å². The van der Waals surface area contributed by atoms with Crippen LogP contribution < -0.4 is 15.4 Å². The number of Topliss-reactive ketones (excluding diaryl/α,β-unsaturated/α-hetero) is 1. The van der Waals surface area contributed by atoms with Crippen LogP contribution in [0.4, 0.5) is 23.1 Å². The first kappa shape index (κ1) is 28.1. The summed E-state index contributed by atoms with van der Waals surface area (Å²) >= 11 is 0. The second kappa shape index (κ2) is 12.2. The van der Waals surface area contributed by atoms with Crippen molar-refractivity contribution < 1.29 is 17.9 Å². The van der Waals surface area contributed by atoms with E-state index >= 15 is 0 Å². The number of nitrogens with one attached hydrogen (secondary N) is 2. The summed E-state index contributed by atoms with van der Waals surface area (Å²) in [6.45, 7) is 9.77. The van der Waals surface area contributed by atoms with Gasteiger partial charge in [0.25, 0.3) is 0 Å². The zero-order valence-corrected chi connectivity index (χ0v) is 23.0. The van der Waals surface area contributed by atoms with Crippen LogP contribution in [0.2, 0.25) is 0 Å². The van der Waals surface area contributed by atoms with Crippen molar-refractivity contribution in [2.24, 2.45) is 5.41 Å². The molecule has 0 spiro atoms. The molecule has 0 amide bonds. The summed E-state index contributed by atoms with van der Waals surface area (Å²) in [5, 5.41) is 6.41. The van der Waals surface area contributed by atoms with Gasteiger partial charge in [-0.2, -0.15) is 4.98 Å². The number of benzene rings is 2. The number of aryl methyl sites for hydroxylation is 1. The zero-order chi connectivity index (χ0) is 27.1. The summed E-state index contributed by atoms with van der Waals surface area (Å²) in [4.78, 5) is 20.2. The van der Waals surface area contributed by atoms with Crippen molar-refractivity contribution in [2.75, 3.05) is 23.0 Å². The highest BCUT2D eigenvalue weighted by Gasteiger charge is 2.23. The van der Waals surface area contributed by atoms with Crippen molar-refractivity contribution in [3.8, 4) is 5.75 Å². The summed E-state index contributed by atoms with van der Waals surface area (Å²) in [6, 6.07) is 14.3. The molecule has 0 saturated heterocycles.